The van der Waals surface area contributed by atoms with Gasteiger partial charge < -0.3 is 21.8 Å². The number of hydrogen-bond acceptors (Lipinski definition) is 4. The molecule has 3 rings (SSSR count). The zero-order chi connectivity index (χ0) is 22.4. The molecule has 0 bridgehead atoms. The molecule has 0 saturated carbocycles. The molecule has 5 nitrogen and oxygen atoms in total. The number of hydrogen-bond donors (Lipinski definition) is 2. The number of rotatable bonds is 6. The standard InChI is InChI=1S/C22H18F4N4O.K/c1-14(27-10-11-28-16-4-2-3-5-16)18-12-17(7-8-19(18)23)30-21(31)15-6-9-20(29-13-15)22(24,25)26;/h2,4-9,11-14,27H,3H2,1H3,(H,30,31);/q-2;+1. The summed E-state index contributed by atoms with van der Waals surface area (Å²) < 4.78 is 52.0. The number of carbonyl (C=O) groups excluding carboxylic acids is 1. The second-order valence-electron chi connectivity index (χ2n) is 6.66. The quantitative estimate of drug-likeness (QED) is 0.295. The van der Waals surface area contributed by atoms with Crippen molar-refractivity contribution in [3.63, 3.8) is 0 Å². The summed E-state index contributed by atoms with van der Waals surface area (Å²) in [7, 11) is 0. The summed E-state index contributed by atoms with van der Waals surface area (Å²) in [5.41, 5.74) is 0.215. The first-order chi connectivity index (χ1) is 14.7. The second kappa shape index (κ2) is 11.8. The number of benzene rings is 1. The van der Waals surface area contributed by atoms with Crippen LogP contribution in [0.5, 0.6) is 0 Å². The Morgan fingerprint density at radius 2 is 2.09 bits per heavy atom. The van der Waals surface area contributed by atoms with Gasteiger partial charge in [-0.05, 0) is 37.3 Å². The van der Waals surface area contributed by atoms with Gasteiger partial charge in [-0.1, -0.05) is 6.42 Å². The van der Waals surface area contributed by atoms with E-state index >= 15 is 0 Å². The van der Waals surface area contributed by atoms with Crippen molar-refractivity contribution in [2.45, 2.75) is 25.6 Å². The van der Waals surface area contributed by atoms with Crippen molar-refractivity contribution in [3.8, 4) is 0 Å². The van der Waals surface area contributed by atoms with E-state index in [4.69, 9.17) is 0 Å². The van der Waals surface area contributed by atoms with Gasteiger partial charge in [0.25, 0.3) is 5.91 Å². The summed E-state index contributed by atoms with van der Waals surface area (Å²) in [5.74, 6) is -1.16. The Morgan fingerprint density at radius 1 is 1.31 bits per heavy atom. The van der Waals surface area contributed by atoms with Crippen molar-refractivity contribution in [3.05, 3.63) is 90.1 Å². The number of nitrogens with one attached hydrogen (secondary N) is 2. The molecule has 0 spiro atoms. The van der Waals surface area contributed by atoms with E-state index in [9.17, 15) is 22.4 Å². The first-order valence-corrected chi connectivity index (χ1v) is 9.28. The number of pyridine rings is 1. The predicted octanol–water partition coefficient (Wildman–Crippen LogP) is 2.03. The number of aliphatic imine (C=N–C) groups is 1. The van der Waals surface area contributed by atoms with Gasteiger partial charge in [0.1, 0.15) is 11.5 Å². The SMILES string of the molecule is CC(N[C-]=CN=C1C=CC[CH-]1)c1cc(NC(=O)c2ccc(C(F)(F)F)nc2)ccc1F.[K+]. The van der Waals surface area contributed by atoms with Crippen LogP contribution >= 0.6 is 0 Å². The molecule has 10 heteroatoms. The molecule has 0 aliphatic heterocycles. The van der Waals surface area contributed by atoms with Crippen molar-refractivity contribution in [2.75, 3.05) is 5.32 Å². The van der Waals surface area contributed by atoms with Gasteiger partial charge >= 0.3 is 57.6 Å². The van der Waals surface area contributed by atoms with Crippen LogP contribution in [0.15, 0.2) is 59.9 Å². The molecule has 32 heavy (non-hydrogen) atoms. The number of halogens is 4. The molecular weight excluding hydrogens is 451 g/mol. The fourth-order valence-electron chi connectivity index (χ4n) is 2.74. The number of anilines is 1. The maximum absolute atomic E-state index is 14.2. The molecule has 1 aliphatic carbocycles. The Balaban J connectivity index is 0.00000363. The monoisotopic (exact) mass is 469 g/mol. The van der Waals surface area contributed by atoms with Crippen molar-refractivity contribution in [1.82, 2.24) is 10.3 Å². The number of amides is 1. The number of allylic oxidation sites excluding steroid dienone is 2. The molecule has 1 amide bonds. The van der Waals surface area contributed by atoms with Crippen LogP contribution < -0.4 is 62.0 Å². The van der Waals surface area contributed by atoms with E-state index in [0.29, 0.717) is 0 Å². The zero-order valence-corrected chi connectivity index (χ0v) is 20.5. The third-order valence-corrected chi connectivity index (χ3v) is 4.37. The molecule has 2 N–H and O–H groups in total. The largest absolute Gasteiger partial charge is 1.00 e. The summed E-state index contributed by atoms with van der Waals surface area (Å²) in [4.78, 5) is 19.7. The molecule has 1 aromatic carbocycles. The van der Waals surface area contributed by atoms with E-state index in [1.807, 2.05) is 18.6 Å². The third-order valence-electron chi connectivity index (χ3n) is 4.37. The van der Waals surface area contributed by atoms with Crippen LogP contribution in [0.25, 0.3) is 0 Å². The van der Waals surface area contributed by atoms with Gasteiger partial charge in [-0.3, -0.25) is 9.78 Å². The number of carbonyl (C=O) groups is 1. The van der Waals surface area contributed by atoms with Crippen LogP contribution in [0, 0.1) is 18.4 Å². The van der Waals surface area contributed by atoms with Gasteiger partial charge in [-0.25, -0.2) is 10.8 Å². The smallest absolute Gasteiger partial charge is 0.560 e. The maximum Gasteiger partial charge on any atom is 1.00 e. The molecule has 1 aromatic heterocycles. The molecule has 0 fully saturated rings. The summed E-state index contributed by atoms with van der Waals surface area (Å²) in [5, 5.41) is 5.40. The van der Waals surface area contributed by atoms with Crippen LogP contribution in [0.1, 0.15) is 41.0 Å². The normalized spacial score (nSPS) is 15.3. The van der Waals surface area contributed by atoms with Crippen molar-refractivity contribution >= 4 is 17.3 Å². The van der Waals surface area contributed by atoms with E-state index in [1.54, 1.807) is 6.92 Å². The molecule has 0 saturated heterocycles. The minimum atomic E-state index is -4.59. The van der Waals surface area contributed by atoms with E-state index < -0.39 is 29.6 Å². The summed E-state index contributed by atoms with van der Waals surface area (Å²) in [6.07, 6.45) is 7.09. The Kier molecular flexibility index (Phi) is 9.65. The third kappa shape index (κ3) is 7.28. The average Bonchev–Trinajstić information content (AvgIpc) is 3.25. The Bertz CT molecular complexity index is 1030. The van der Waals surface area contributed by atoms with Gasteiger partial charge in [0.05, 0.1) is 5.56 Å². The average molecular weight is 470 g/mol. The number of nitrogens with zero attached hydrogens (tertiary/aromatic N) is 2. The van der Waals surface area contributed by atoms with Crippen molar-refractivity contribution < 1.29 is 73.7 Å². The van der Waals surface area contributed by atoms with Gasteiger partial charge in [0, 0.05) is 23.5 Å². The summed E-state index contributed by atoms with van der Waals surface area (Å²) >= 11 is 0. The summed E-state index contributed by atoms with van der Waals surface area (Å²) in [6.45, 7) is 1.71. The topological polar surface area (TPSA) is 66.4 Å². The first-order valence-electron chi connectivity index (χ1n) is 9.28. The molecule has 0 radical (unpaired) electrons. The number of aromatic nitrogens is 1. The minimum absolute atomic E-state index is 0. The van der Waals surface area contributed by atoms with Gasteiger partial charge in [0.15, 0.2) is 0 Å². The molecule has 1 heterocycles. The predicted molar refractivity (Wildman–Crippen MR) is 108 cm³/mol. The molecular formula is C22H18F4KN4O-. The fourth-order valence-corrected chi connectivity index (χ4v) is 2.74. The van der Waals surface area contributed by atoms with Crippen molar-refractivity contribution in [1.29, 1.82) is 0 Å². The van der Waals surface area contributed by atoms with E-state index in [0.717, 1.165) is 30.5 Å². The molecule has 2 aromatic rings. The summed E-state index contributed by atoms with van der Waals surface area (Å²) in [6, 6.07) is 5.25. The van der Waals surface area contributed by atoms with Gasteiger partial charge in [-0.15, -0.1) is 11.9 Å². The molecule has 1 unspecified atom stereocenters. The molecule has 1 aliphatic rings. The minimum Gasteiger partial charge on any atom is -0.560 e. The zero-order valence-electron chi connectivity index (χ0n) is 17.4. The first kappa shape index (κ1) is 26.3. The Labute approximate surface area is 225 Å². The number of alkyl halides is 3. The Hall–Kier alpha value is -1.98. The second-order valence-corrected chi connectivity index (χ2v) is 6.66. The van der Waals surface area contributed by atoms with Crippen LogP contribution in [0.2, 0.25) is 0 Å². The van der Waals surface area contributed by atoms with Crippen molar-refractivity contribution in [2.24, 2.45) is 4.99 Å². The molecule has 1 atom stereocenters. The van der Waals surface area contributed by atoms with E-state index in [1.165, 1.54) is 24.4 Å². The van der Waals surface area contributed by atoms with Crippen LogP contribution in [0.3, 0.4) is 0 Å². The van der Waals surface area contributed by atoms with E-state index in [2.05, 4.69) is 26.8 Å². The van der Waals surface area contributed by atoms with Crippen LogP contribution in [0.4, 0.5) is 23.2 Å². The molecule has 162 valence electrons. The van der Waals surface area contributed by atoms with E-state index in [-0.39, 0.29) is 68.2 Å². The van der Waals surface area contributed by atoms with Crippen LogP contribution in [-0.2, 0) is 6.18 Å². The maximum atomic E-state index is 14.2. The van der Waals surface area contributed by atoms with Crippen LogP contribution in [-0.4, -0.2) is 16.6 Å². The van der Waals surface area contributed by atoms with Gasteiger partial charge in [0.2, 0.25) is 0 Å². The fraction of sp³-hybridized carbons (Fsp3) is 0.182. The Morgan fingerprint density at radius 3 is 2.72 bits per heavy atom. The van der Waals surface area contributed by atoms with Gasteiger partial charge in [-0.2, -0.15) is 25.3 Å².